The number of rotatable bonds is 6. The Kier molecular flexibility index (Phi) is 6.43. The Balaban J connectivity index is 1.67. The van der Waals surface area contributed by atoms with Gasteiger partial charge in [-0.15, -0.1) is 0 Å². The molecule has 1 fully saturated rings. The zero-order chi connectivity index (χ0) is 21.0. The summed E-state index contributed by atoms with van der Waals surface area (Å²) in [6.45, 7) is 3.98. The first-order valence-electron chi connectivity index (χ1n) is 9.45. The molecule has 2 heterocycles. The van der Waals surface area contributed by atoms with E-state index in [-0.39, 0.29) is 17.2 Å². The summed E-state index contributed by atoms with van der Waals surface area (Å²) in [7, 11) is 1.55. The van der Waals surface area contributed by atoms with Crippen molar-refractivity contribution in [3.8, 4) is 0 Å². The van der Waals surface area contributed by atoms with E-state index in [0.717, 1.165) is 0 Å². The Morgan fingerprint density at radius 3 is 2.38 bits per heavy atom. The molecule has 0 N–H and O–H groups in total. The second-order valence-electron chi connectivity index (χ2n) is 6.94. The van der Waals surface area contributed by atoms with Gasteiger partial charge in [-0.3, -0.25) is 14.4 Å². The molecule has 1 aliphatic rings. The number of benzene rings is 1. The number of ketones is 1. The normalized spacial score (nSPS) is 14.2. The SMILES string of the molecule is COCCn1cc(C(=O)N2CCN(c3ccc(C(C)=O)cc3F)CC2)ccc1=O. The summed E-state index contributed by atoms with van der Waals surface area (Å²) in [6.07, 6.45) is 1.55. The number of aromatic nitrogens is 1. The number of carbonyl (C=O) groups excluding carboxylic acids is 2. The summed E-state index contributed by atoms with van der Waals surface area (Å²) >= 11 is 0. The van der Waals surface area contributed by atoms with Gasteiger partial charge in [-0.1, -0.05) is 0 Å². The van der Waals surface area contributed by atoms with Crippen LogP contribution in [-0.4, -0.2) is 61.1 Å². The fourth-order valence-corrected chi connectivity index (χ4v) is 3.34. The number of halogens is 1. The third-order valence-electron chi connectivity index (χ3n) is 5.03. The number of piperazine rings is 1. The number of ether oxygens (including phenoxy) is 1. The van der Waals surface area contributed by atoms with Crippen LogP contribution in [-0.2, 0) is 11.3 Å². The molecule has 0 atom stereocenters. The lowest BCUT2D eigenvalue weighted by Gasteiger charge is -2.36. The molecule has 154 valence electrons. The predicted octanol–water partition coefficient (Wildman–Crippen LogP) is 1.80. The van der Waals surface area contributed by atoms with Crippen LogP contribution in [0, 0.1) is 5.82 Å². The van der Waals surface area contributed by atoms with Crippen molar-refractivity contribution in [2.75, 3.05) is 44.8 Å². The summed E-state index contributed by atoms with van der Waals surface area (Å²) < 4.78 is 20.8. The quantitative estimate of drug-likeness (QED) is 0.691. The highest BCUT2D eigenvalue weighted by molar-refractivity contribution is 5.95. The van der Waals surface area contributed by atoms with Crippen LogP contribution in [0.3, 0.4) is 0 Å². The number of anilines is 1. The second-order valence-corrected chi connectivity index (χ2v) is 6.94. The summed E-state index contributed by atoms with van der Waals surface area (Å²) in [6, 6.07) is 7.38. The average molecular weight is 401 g/mol. The van der Waals surface area contributed by atoms with E-state index >= 15 is 0 Å². The van der Waals surface area contributed by atoms with E-state index in [0.29, 0.717) is 56.1 Å². The lowest BCUT2D eigenvalue weighted by molar-refractivity contribution is 0.0745. The van der Waals surface area contributed by atoms with Gasteiger partial charge in [0.15, 0.2) is 5.78 Å². The van der Waals surface area contributed by atoms with Gasteiger partial charge in [-0.2, -0.15) is 0 Å². The molecule has 7 nitrogen and oxygen atoms in total. The number of methoxy groups -OCH3 is 1. The number of pyridine rings is 1. The first-order chi connectivity index (χ1) is 13.9. The molecular formula is C21H24FN3O4. The molecule has 0 spiro atoms. The monoisotopic (exact) mass is 401 g/mol. The lowest BCUT2D eigenvalue weighted by Crippen LogP contribution is -2.49. The van der Waals surface area contributed by atoms with Gasteiger partial charge in [-0.25, -0.2) is 4.39 Å². The predicted molar refractivity (Wildman–Crippen MR) is 107 cm³/mol. The highest BCUT2D eigenvalue weighted by Gasteiger charge is 2.24. The van der Waals surface area contributed by atoms with Crippen molar-refractivity contribution >= 4 is 17.4 Å². The number of amides is 1. The highest BCUT2D eigenvalue weighted by atomic mass is 19.1. The topological polar surface area (TPSA) is 71.8 Å². The van der Waals surface area contributed by atoms with E-state index in [1.807, 2.05) is 4.90 Å². The molecule has 1 saturated heterocycles. The van der Waals surface area contributed by atoms with E-state index < -0.39 is 5.82 Å². The van der Waals surface area contributed by atoms with Crippen LogP contribution in [0.5, 0.6) is 0 Å². The van der Waals surface area contributed by atoms with Crippen LogP contribution < -0.4 is 10.5 Å². The molecule has 8 heteroatoms. The molecule has 0 saturated carbocycles. The molecule has 3 rings (SSSR count). The first-order valence-corrected chi connectivity index (χ1v) is 9.45. The van der Waals surface area contributed by atoms with E-state index in [1.54, 1.807) is 30.3 Å². The first kappa shape index (κ1) is 20.7. The molecule has 0 bridgehead atoms. The van der Waals surface area contributed by atoms with Gasteiger partial charge in [0, 0.05) is 57.7 Å². The van der Waals surface area contributed by atoms with Gasteiger partial charge in [0.1, 0.15) is 5.82 Å². The Labute approximate surface area is 168 Å². The fraction of sp³-hybridized carbons (Fsp3) is 0.381. The van der Waals surface area contributed by atoms with Crippen molar-refractivity contribution in [1.82, 2.24) is 9.47 Å². The molecule has 2 aromatic rings. The van der Waals surface area contributed by atoms with Crippen LogP contribution in [0.2, 0.25) is 0 Å². The Morgan fingerprint density at radius 1 is 1.07 bits per heavy atom. The van der Waals surface area contributed by atoms with Gasteiger partial charge in [0.2, 0.25) is 0 Å². The number of nitrogens with zero attached hydrogens (tertiary/aromatic N) is 3. The van der Waals surface area contributed by atoms with Crippen LogP contribution >= 0.6 is 0 Å². The summed E-state index contributed by atoms with van der Waals surface area (Å²) in [5, 5.41) is 0. The smallest absolute Gasteiger partial charge is 0.255 e. The molecule has 1 aromatic heterocycles. The van der Waals surface area contributed by atoms with Crippen molar-refractivity contribution < 1.29 is 18.7 Å². The molecule has 0 aliphatic carbocycles. The van der Waals surface area contributed by atoms with E-state index in [1.165, 1.54) is 29.7 Å². The number of hydrogen-bond donors (Lipinski definition) is 0. The van der Waals surface area contributed by atoms with Crippen molar-refractivity contribution in [2.45, 2.75) is 13.5 Å². The summed E-state index contributed by atoms with van der Waals surface area (Å²) in [5.74, 6) is -0.788. The highest BCUT2D eigenvalue weighted by Crippen LogP contribution is 2.22. The number of Topliss-reactive ketones (excluding diaryl/α,β-unsaturated/α-hetero) is 1. The average Bonchev–Trinajstić information content (AvgIpc) is 2.72. The minimum Gasteiger partial charge on any atom is -0.383 e. The van der Waals surface area contributed by atoms with Crippen LogP contribution in [0.1, 0.15) is 27.6 Å². The molecule has 0 radical (unpaired) electrons. The molecule has 1 aliphatic heterocycles. The largest absolute Gasteiger partial charge is 0.383 e. The molecule has 1 aromatic carbocycles. The Hall–Kier alpha value is -3.00. The van der Waals surface area contributed by atoms with E-state index in [2.05, 4.69) is 0 Å². The molecule has 0 unspecified atom stereocenters. The maximum Gasteiger partial charge on any atom is 0.255 e. The second kappa shape index (κ2) is 9.00. The zero-order valence-electron chi connectivity index (χ0n) is 16.6. The molecule has 29 heavy (non-hydrogen) atoms. The standard InChI is InChI=1S/C21H24FN3O4/c1-15(26)16-3-5-19(18(22)13-16)23-7-9-24(10-8-23)21(28)17-4-6-20(27)25(14-17)11-12-29-2/h3-6,13-14H,7-12H2,1-2H3. The van der Waals surface area contributed by atoms with Gasteiger partial charge in [0.25, 0.3) is 11.5 Å². The van der Waals surface area contributed by atoms with Crippen molar-refractivity contribution in [2.24, 2.45) is 0 Å². The van der Waals surface area contributed by atoms with Crippen molar-refractivity contribution in [3.63, 3.8) is 0 Å². The van der Waals surface area contributed by atoms with Gasteiger partial charge < -0.3 is 19.1 Å². The van der Waals surface area contributed by atoms with Crippen molar-refractivity contribution in [3.05, 3.63) is 63.8 Å². The summed E-state index contributed by atoms with van der Waals surface area (Å²) in [4.78, 5) is 39.7. The van der Waals surface area contributed by atoms with Crippen LogP contribution in [0.15, 0.2) is 41.3 Å². The number of hydrogen-bond acceptors (Lipinski definition) is 5. The van der Waals surface area contributed by atoms with Gasteiger partial charge in [-0.05, 0) is 31.2 Å². The molecule has 1 amide bonds. The summed E-state index contributed by atoms with van der Waals surface area (Å²) in [5.41, 5.74) is 1.01. The molecular weight excluding hydrogens is 377 g/mol. The van der Waals surface area contributed by atoms with Crippen LogP contribution in [0.25, 0.3) is 0 Å². The van der Waals surface area contributed by atoms with Gasteiger partial charge >= 0.3 is 0 Å². The van der Waals surface area contributed by atoms with Crippen molar-refractivity contribution in [1.29, 1.82) is 0 Å². The van der Waals surface area contributed by atoms with E-state index in [4.69, 9.17) is 4.74 Å². The fourth-order valence-electron chi connectivity index (χ4n) is 3.34. The minimum absolute atomic E-state index is 0.164. The van der Waals surface area contributed by atoms with E-state index in [9.17, 15) is 18.8 Å². The Bertz CT molecular complexity index is 965. The lowest BCUT2D eigenvalue weighted by atomic mass is 10.1. The maximum atomic E-state index is 14.4. The third kappa shape index (κ3) is 4.71. The third-order valence-corrected chi connectivity index (χ3v) is 5.03. The number of carbonyl (C=O) groups is 2. The van der Waals surface area contributed by atoms with Gasteiger partial charge in [0.05, 0.1) is 17.9 Å². The maximum absolute atomic E-state index is 14.4. The zero-order valence-corrected chi connectivity index (χ0v) is 16.6. The van der Waals surface area contributed by atoms with Crippen LogP contribution in [0.4, 0.5) is 10.1 Å². The Morgan fingerprint density at radius 2 is 1.76 bits per heavy atom. The minimum atomic E-state index is -0.442.